The first kappa shape index (κ1) is 16.1. The number of benzene rings is 2. The van der Waals surface area contributed by atoms with Gasteiger partial charge in [0.15, 0.2) is 5.76 Å². The van der Waals surface area contributed by atoms with E-state index in [1.165, 1.54) is 7.11 Å². The summed E-state index contributed by atoms with van der Waals surface area (Å²) in [6.45, 7) is 0.258. The van der Waals surface area contributed by atoms with Gasteiger partial charge in [-0.05, 0) is 36.4 Å². The van der Waals surface area contributed by atoms with Crippen LogP contribution < -0.4 is 10.1 Å². The lowest BCUT2D eigenvalue weighted by atomic mass is 10.1. The highest BCUT2D eigenvalue weighted by atomic mass is 35.5. The van der Waals surface area contributed by atoms with Crippen molar-refractivity contribution in [2.24, 2.45) is 0 Å². The second kappa shape index (κ2) is 7.19. The van der Waals surface area contributed by atoms with Crippen LogP contribution in [0.4, 0.5) is 0 Å². The molecule has 0 bridgehead atoms. The average Bonchev–Trinajstić information content (AvgIpc) is 3.09. The van der Waals surface area contributed by atoms with Gasteiger partial charge in [0.05, 0.1) is 19.2 Å². The summed E-state index contributed by atoms with van der Waals surface area (Å²) in [6.07, 6.45) is 0. The Bertz CT molecular complexity index is 843. The van der Waals surface area contributed by atoms with E-state index in [-0.39, 0.29) is 12.5 Å². The van der Waals surface area contributed by atoms with E-state index in [9.17, 15) is 4.79 Å². The number of halogens is 1. The Kier molecular flexibility index (Phi) is 4.82. The van der Waals surface area contributed by atoms with E-state index >= 15 is 0 Å². The monoisotopic (exact) mass is 342 g/mol. The van der Waals surface area contributed by atoms with Crippen molar-refractivity contribution < 1.29 is 14.1 Å². The molecule has 0 radical (unpaired) electrons. The second-order valence-corrected chi connectivity index (χ2v) is 5.51. The summed E-state index contributed by atoms with van der Waals surface area (Å²) in [6, 6.07) is 16.1. The minimum atomic E-state index is -0.233. The predicted octanol–water partition coefficient (Wildman–Crippen LogP) is 3.93. The van der Waals surface area contributed by atoms with Crippen LogP contribution in [0.25, 0.3) is 11.3 Å². The number of carbonyl (C=O) groups excluding carboxylic acids is 1. The van der Waals surface area contributed by atoms with E-state index in [0.717, 1.165) is 5.56 Å². The number of ether oxygens (including phenoxy) is 1. The number of para-hydroxylation sites is 1. The molecule has 0 aliphatic rings. The highest BCUT2D eigenvalue weighted by Crippen LogP contribution is 2.22. The molecule has 122 valence electrons. The Morgan fingerprint density at radius 1 is 1.21 bits per heavy atom. The molecule has 0 aliphatic heterocycles. The summed E-state index contributed by atoms with van der Waals surface area (Å²) in [5, 5.41) is 7.43. The SMILES string of the molecule is COc1ccccc1C(=O)NCc1cc(-c2ccc(Cl)cc2)on1. The molecule has 0 saturated carbocycles. The molecule has 1 N–H and O–H groups in total. The highest BCUT2D eigenvalue weighted by molar-refractivity contribution is 6.30. The van der Waals surface area contributed by atoms with Gasteiger partial charge in [-0.1, -0.05) is 28.9 Å². The molecule has 1 heterocycles. The number of amides is 1. The Labute approximate surface area is 144 Å². The van der Waals surface area contributed by atoms with Crippen LogP contribution >= 0.6 is 11.6 Å². The molecule has 3 aromatic rings. The van der Waals surface area contributed by atoms with Crippen LogP contribution in [0.15, 0.2) is 59.1 Å². The lowest BCUT2D eigenvalue weighted by Gasteiger charge is -2.07. The number of nitrogens with zero attached hydrogens (tertiary/aromatic N) is 1. The zero-order valence-corrected chi connectivity index (χ0v) is 13.7. The van der Waals surface area contributed by atoms with Crippen molar-refractivity contribution in [2.75, 3.05) is 7.11 Å². The number of nitrogens with one attached hydrogen (secondary N) is 1. The molecule has 0 atom stereocenters. The van der Waals surface area contributed by atoms with Gasteiger partial charge in [-0.15, -0.1) is 0 Å². The lowest BCUT2D eigenvalue weighted by molar-refractivity contribution is 0.0947. The number of aromatic nitrogens is 1. The van der Waals surface area contributed by atoms with E-state index in [4.69, 9.17) is 20.9 Å². The molecule has 0 fully saturated rings. The van der Waals surface area contributed by atoms with Crippen molar-refractivity contribution in [3.05, 3.63) is 70.9 Å². The number of rotatable bonds is 5. The number of hydrogen-bond acceptors (Lipinski definition) is 4. The van der Waals surface area contributed by atoms with Gasteiger partial charge in [-0.2, -0.15) is 0 Å². The minimum absolute atomic E-state index is 0.233. The van der Waals surface area contributed by atoms with Crippen molar-refractivity contribution in [3.63, 3.8) is 0 Å². The maximum atomic E-state index is 12.2. The molecule has 24 heavy (non-hydrogen) atoms. The van der Waals surface area contributed by atoms with Gasteiger partial charge in [0.1, 0.15) is 11.4 Å². The fourth-order valence-electron chi connectivity index (χ4n) is 2.24. The summed E-state index contributed by atoms with van der Waals surface area (Å²) in [5.41, 5.74) is 1.97. The van der Waals surface area contributed by atoms with Crippen LogP contribution in [0, 0.1) is 0 Å². The maximum Gasteiger partial charge on any atom is 0.255 e. The molecule has 5 nitrogen and oxygen atoms in total. The Morgan fingerprint density at radius 3 is 2.71 bits per heavy atom. The largest absolute Gasteiger partial charge is 0.496 e. The van der Waals surface area contributed by atoms with Gasteiger partial charge in [-0.3, -0.25) is 4.79 Å². The van der Waals surface area contributed by atoms with Gasteiger partial charge in [0.25, 0.3) is 5.91 Å². The van der Waals surface area contributed by atoms with E-state index in [2.05, 4.69) is 10.5 Å². The fourth-order valence-corrected chi connectivity index (χ4v) is 2.37. The van der Waals surface area contributed by atoms with Crippen LogP contribution in [-0.4, -0.2) is 18.2 Å². The topological polar surface area (TPSA) is 64.4 Å². The molecule has 0 saturated heterocycles. The molecule has 0 unspecified atom stereocenters. The van der Waals surface area contributed by atoms with Crippen LogP contribution in [0.5, 0.6) is 5.75 Å². The van der Waals surface area contributed by atoms with Crippen molar-refractivity contribution >= 4 is 17.5 Å². The summed E-state index contributed by atoms with van der Waals surface area (Å²) < 4.78 is 10.5. The third-order valence-electron chi connectivity index (χ3n) is 3.47. The maximum absolute atomic E-state index is 12.2. The van der Waals surface area contributed by atoms with Crippen LogP contribution in [0.2, 0.25) is 5.02 Å². The molecule has 2 aromatic carbocycles. The molecule has 3 rings (SSSR count). The first-order chi connectivity index (χ1) is 11.7. The third kappa shape index (κ3) is 3.58. The van der Waals surface area contributed by atoms with E-state index in [1.807, 2.05) is 18.2 Å². The first-order valence-electron chi connectivity index (χ1n) is 7.30. The third-order valence-corrected chi connectivity index (χ3v) is 3.72. The quantitative estimate of drug-likeness (QED) is 0.763. The Hall–Kier alpha value is -2.79. The van der Waals surface area contributed by atoms with E-state index in [1.54, 1.807) is 36.4 Å². The summed E-state index contributed by atoms with van der Waals surface area (Å²) in [7, 11) is 1.53. The molecule has 1 aromatic heterocycles. The summed E-state index contributed by atoms with van der Waals surface area (Å²) in [4.78, 5) is 12.2. The average molecular weight is 343 g/mol. The zero-order chi connectivity index (χ0) is 16.9. The van der Waals surface area contributed by atoms with Gasteiger partial charge in [0, 0.05) is 16.7 Å². The molecule has 0 aliphatic carbocycles. The standard InChI is InChI=1S/C18H15ClN2O3/c1-23-16-5-3-2-4-15(16)18(22)20-11-14-10-17(24-21-14)12-6-8-13(19)9-7-12/h2-10H,11H2,1H3,(H,20,22). The Balaban J connectivity index is 1.67. The van der Waals surface area contributed by atoms with Crippen molar-refractivity contribution in [3.8, 4) is 17.1 Å². The summed E-state index contributed by atoms with van der Waals surface area (Å²) in [5.74, 6) is 0.911. The van der Waals surface area contributed by atoms with Crippen LogP contribution in [0.1, 0.15) is 16.1 Å². The first-order valence-corrected chi connectivity index (χ1v) is 7.68. The second-order valence-electron chi connectivity index (χ2n) is 5.07. The predicted molar refractivity (Wildman–Crippen MR) is 91.1 cm³/mol. The van der Waals surface area contributed by atoms with Crippen molar-refractivity contribution in [1.82, 2.24) is 10.5 Å². The van der Waals surface area contributed by atoms with Crippen LogP contribution in [-0.2, 0) is 6.54 Å². The molecule has 1 amide bonds. The number of methoxy groups -OCH3 is 1. The smallest absolute Gasteiger partial charge is 0.255 e. The zero-order valence-electron chi connectivity index (χ0n) is 13.0. The van der Waals surface area contributed by atoms with Crippen molar-refractivity contribution in [1.29, 1.82) is 0 Å². The fraction of sp³-hybridized carbons (Fsp3) is 0.111. The van der Waals surface area contributed by atoms with Gasteiger partial charge in [0.2, 0.25) is 0 Å². The van der Waals surface area contributed by atoms with Gasteiger partial charge >= 0.3 is 0 Å². The molecular weight excluding hydrogens is 328 g/mol. The normalized spacial score (nSPS) is 10.4. The molecule has 6 heteroatoms. The van der Waals surface area contributed by atoms with Gasteiger partial charge in [-0.25, -0.2) is 0 Å². The van der Waals surface area contributed by atoms with E-state index in [0.29, 0.717) is 27.8 Å². The summed E-state index contributed by atoms with van der Waals surface area (Å²) >= 11 is 5.87. The lowest BCUT2D eigenvalue weighted by Crippen LogP contribution is -2.23. The minimum Gasteiger partial charge on any atom is -0.496 e. The number of hydrogen-bond donors (Lipinski definition) is 1. The van der Waals surface area contributed by atoms with Gasteiger partial charge < -0.3 is 14.6 Å². The van der Waals surface area contributed by atoms with Crippen LogP contribution in [0.3, 0.4) is 0 Å². The highest BCUT2D eigenvalue weighted by Gasteiger charge is 2.12. The molecular formula is C18H15ClN2O3. The van der Waals surface area contributed by atoms with Crippen molar-refractivity contribution in [2.45, 2.75) is 6.54 Å². The molecule has 0 spiro atoms. The Morgan fingerprint density at radius 2 is 1.96 bits per heavy atom. The number of carbonyl (C=O) groups is 1. The van der Waals surface area contributed by atoms with E-state index < -0.39 is 0 Å².